The van der Waals surface area contributed by atoms with E-state index in [9.17, 15) is 0 Å². The molecule has 0 bridgehead atoms. The Hall–Kier alpha value is -1.02. The summed E-state index contributed by atoms with van der Waals surface area (Å²) in [7, 11) is 1.71. The van der Waals surface area contributed by atoms with Crippen LogP contribution in [0.15, 0.2) is 12.1 Å². The van der Waals surface area contributed by atoms with Crippen molar-refractivity contribution in [2.24, 2.45) is 0 Å². The van der Waals surface area contributed by atoms with Crippen molar-refractivity contribution in [3.63, 3.8) is 0 Å². The number of aliphatic hydroxyl groups excluding tert-OH is 1. The molecule has 0 fully saturated rings. The fourth-order valence-electron chi connectivity index (χ4n) is 1.93. The Morgan fingerprint density at radius 1 is 1.00 bits per heavy atom. The molecule has 1 aromatic carbocycles. The Labute approximate surface area is 118 Å². The minimum absolute atomic E-state index is 0.365. The van der Waals surface area contributed by atoms with Crippen molar-refractivity contribution in [3.8, 4) is 5.75 Å². The summed E-state index contributed by atoms with van der Waals surface area (Å²) in [6.07, 6.45) is 6.08. The van der Waals surface area contributed by atoms with Gasteiger partial charge in [-0.1, -0.05) is 38.7 Å². The van der Waals surface area contributed by atoms with Gasteiger partial charge in [0.25, 0.3) is 0 Å². The van der Waals surface area contributed by atoms with Gasteiger partial charge < -0.3 is 9.84 Å². The smallest absolute Gasteiger partial charge is 0.122 e. The average molecular weight is 266 g/mol. The summed E-state index contributed by atoms with van der Waals surface area (Å²) in [6, 6.07) is 4.22. The van der Waals surface area contributed by atoms with Crippen LogP contribution in [0.5, 0.6) is 5.75 Å². The highest BCUT2D eigenvalue weighted by Gasteiger charge is 2.00. The second kappa shape index (κ2) is 10.9. The predicted molar refractivity (Wildman–Crippen MR) is 83.0 cm³/mol. The van der Waals surface area contributed by atoms with Gasteiger partial charge in [0.05, 0.1) is 7.11 Å². The van der Waals surface area contributed by atoms with Crippen LogP contribution in [-0.4, -0.2) is 18.8 Å². The quantitative estimate of drug-likeness (QED) is 0.764. The number of aryl methyl sites for hydroxylation is 2. The molecule has 0 unspecified atom stereocenters. The van der Waals surface area contributed by atoms with E-state index in [1.165, 1.54) is 42.4 Å². The van der Waals surface area contributed by atoms with Gasteiger partial charge in [0.1, 0.15) is 5.75 Å². The van der Waals surface area contributed by atoms with Crippen molar-refractivity contribution in [1.82, 2.24) is 0 Å². The van der Waals surface area contributed by atoms with E-state index in [1.54, 1.807) is 7.11 Å². The minimum Gasteiger partial charge on any atom is -0.496 e. The topological polar surface area (TPSA) is 29.5 Å². The molecule has 1 aromatic rings. The maximum Gasteiger partial charge on any atom is 0.122 e. The molecule has 2 heteroatoms. The van der Waals surface area contributed by atoms with Crippen molar-refractivity contribution in [3.05, 3.63) is 28.8 Å². The lowest BCUT2D eigenvalue weighted by Gasteiger charge is -2.08. The third kappa shape index (κ3) is 7.89. The molecule has 0 saturated carbocycles. The van der Waals surface area contributed by atoms with E-state index in [-0.39, 0.29) is 0 Å². The van der Waals surface area contributed by atoms with Crippen LogP contribution in [0.4, 0.5) is 0 Å². The van der Waals surface area contributed by atoms with Gasteiger partial charge in [-0.25, -0.2) is 0 Å². The summed E-state index contributed by atoms with van der Waals surface area (Å²) in [5.41, 5.74) is 3.78. The first kappa shape index (κ1) is 18.0. The first-order valence-electron chi connectivity index (χ1n) is 7.29. The molecule has 0 aliphatic rings. The molecule has 2 nitrogen and oxygen atoms in total. The molecule has 0 atom stereocenters. The highest BCUT2D eigenvalue weighted by Crippen LogP contribution is 2.22. The Morgan fingerprint density at radius 2 is 1.63 bits per heavy atom. The van der Waals surface area contributed by atoms with Gasteiger partial charge in [0, 0.05) is 6.61 Å². The van der Waals surface area contributed by atoms with Gasteiger partial charge in [-0.15, -0.1) is 0 Å². The lowest BCUT2D eigenvalue weighted by molar-refractivity contribution is 0.282. The number of ether oxygens (including phenoxy) is 1. The van der Waals surface area contributed by atoms with Gasteiger partial charge in [-0.2, -0.15) is 0 Å². The van der Waals surface area contributed by atoms with Crippen molar-refractivity contribution in [1.29, 1.82) is 0 Å². The van der Waals surface area contributed by atoms with Gasteiger partial charge in [-0.3, -0.25) is 0 Å². The molecule has 19 heavy (non-hydrogen) atoms. The van der Waals surface area contributed by atoms with Gasteiger partial charge in [-0.05, 0) is 49.9 Å². The van der Waals surface area contributed by atoms with E-state index in [0.29, 0.717) is 6.61 Å². The van der Waals surface area contributed by atoms with Crippen LogP contribution in [-0.2, 0) is 0 Å². The van der Waals surface area contributed by atoms with E-state index in [2.05, 4.69) is 39.8 Å². The minimum atomic E-state index is 0.365. The van der Waals surface area contributed by atoms with Crippen molar-refractivity contribution in [2.75, 3.05) is 13.7 Å². The summed E-state index contributed by atoms with van der Waals surface area (Å²) in [5, 5.41) is 8.37. The monoisotopic (exact) mass is 266 g/mol. The predicted octanol–water partition coefficient (Wildman–Crippen LogP) is 4.57. The highest BCUT2D eigenvalue weighted by atomic mass is 16.5. The summed E-state index contributed by atoms with van der Waals surface area (Å²) in [5.74, 6) is 0.988. The van der Waals surface area contributed by atoms with Crippen LogP contribution < -0.4 is 4.74 Å². The summed E-state index contributed by atoms with van der Waals surface area (Å²) < 4.78 is 5.21. The summed E-state index contributed by atoms with van der Waals surface area (Å²) in [4.78, 5) is 0. The number of hydrogen-bond donors (Lipinski definition) is 1. The molecule has 0 radical (unpaired) electrons. The zero-order valence-corrected chi connectivity index (χ0v) is 13.3. The number of hydrogen-bond acceptors (Lipinski definition) is 2. The van der Waals surface area contributed by atoms with Crippen LogP contribution in [0.3, 0.4) is 0 Å². The first-order valence-corrected chi connectivity index (χ1v) is 7.29. The second-order valence-corrected chi connectivity index (χ2v) is 5.05. The number of benzene rings is 1. The highest BCUT2D eigenvalue weighted by molar-refractivity contribution is 5.41. The molecule has 0 spiro atoms. The average Bonchev–Trinajstić information content (AvgIpc) is 2.40. The fraction of sp³-hybridized carbons (Fsp3) is 0.647. The molecule has 0 aliphatic heterocycles. The fourth-order valence-corrected chi connectivity index (χ4v) is 1.93. The molecular weight excluding hydrogens is 236 g/mol. The Balaban J connectivity index is 0.000000362. The number of methoxy groups -OCH3 is 1. The van der Waals surface area contributed by atoms with Gasteiger partial charge in [0.2, 0.25) is 0 Å². The van der Waals surface area contributed by atoms with E-state index < -0.39 is 0 Å². The standard InChI is InChI=1S/C10H14O.C7H16O/c1-7-5-8(2)9(3)10(6-7)11-4;1-2-3-4-5-6-7-8/h5-6H,1-4H3;8H,2-7H2,1H3. The van der Waals surface area contributed by atoms with Crippen LogP contribution in [0.25, 0.3) is 0 Å². The van der Waals surface area contributed by atoms with E-state index in [4.69, 9.17) is 9.84 Å². The first-order chi connectivity index (χ1) is 9.06. The normalized spacial score (nSPS) is 9.79. The lowest BCUT2D eigenvalue weighted by Crippen LogP contribution is -1.90. The molecule has 0 aliphatic carbocycles. The van der Waals surface area contributed by atoms with Gasteiger partial charge >= 0.3 is 0 Å². The molecular formula is C17H30O2. The van der Waals surface area contributed by atoms with Crippen molar-refractivity contribution >= 4 is 0 Å². The van der Waals surface area contributed by atoms with Crippen LogP contribution in [0, 0.1) is 20.8 Å². The van der Waals surface area contributed by atoms with Crippen LogP contribution in [0.1, 0.15) is 55.7 Å². The zero-order chi connectivity index (χ0) is 14.7. The summed E-state index contributed by atoms with van der Waals surface area (Å²) >= 11 is 0. The number of rotatable bonds is 6. The number of unbranched alkanes of at least 4 members (excludes halogenated alkanes) is 4. The van der Waals surface area contributed by atoms with Crippen molar-refractivity contribution < 1.29 is 9.84 Å². The van der Waals surface area contributed by atoms with Crippen molar-refractivity contribution in [2.45, 2.75) is 59.8 Å². The maximum atomic E-state index is 8.37. The number of aliphatic hydroxyl groups is 1. The molecule has 110 valence electrons. The Bertz CT molecular complexity index is 339. The molecule has 1 N–H and O–H groups in total. The molecule has 0 amide bonds. The third-order valence-electron chi connectivity index (χ3n) is 3.25. The SMILES string of the molecule is CCCCCCCO.COc1cc(C)cc(C)c1C. The second-order valence-electron chi connectivity index (χ2n) is 5.05. The van der Waals surface area contributed by atoms with Crippen LogP contribution >= 0.6 is 0 Å². The molecule has 0 saturated heterocycles. The molecule has 0 heterocycles. The zero-order valence-electron chi connectivity index (χ0n) is 13.3. The van der Waals surface area contributed by atoms with E-state index >= 15 is 0 Å². The largest absolute Gasteiger partial charge is 0.496 e. The molecule has 0 aromatic heterocycles. The lowest BCUT2D eigenvalue weighted by atomic mass is 10.1. The molecule has 1 rings (SSSR count). The van der Waals surface area contributed by atoms with E-state index in [1.807, 2.05) is 0 Å². The van der Waals surface area contributed by atoms with Gasteiger partial charge in [0.15, 0.2) is 0 Å². The Kier molecular flexibility index (Phi) is 10.3. The Morgan fingerprint density at radius 3 is 2.16 bits per heavy atom. The maximum absolute atomic E-state index is 8.37. The summed E-state index contributed by atoms with van der Waals surface area (Å²) in [6.45, 7) is 8.82. The van der Waals surface area contributed by atoms with Crippen LogP contribution in [0.2, 0.25) is 0 Å². The third-order valence-corrected chi connectivity index (χ3v) is 3.25. The van der Waals surface area contributed by atoms with E-state index in [0.717, 1.165) is 12.2 Å².